The summed E-state index contributed by atoms with van der Waals surface area (Å²) in [5.41, 5.74) is 2.25. The number of anilines is 1. The highest BCUT2D eigenvalue weighted by atomic mass is 32.2. The molecule has 35 heavy (non-hydrogen) atoms. The van der Waals surface area contributed by atoms with Gasteiger partial charge in [-0.05, 0) is 6.07 Å². The Balaban J connectivity index is 2.00. The van der Waals surface area contributed by atoms with E-state index < -0.39 is 6.23 Å². The Morgan fingerprint density at radius 1 is 1.14 bits per heavy atom. The molecule has 0 N–H and O–H groups in total. The molecule has 0 unspecified atom stereocenters. The highest BCUT2D eigenvalue weighted by Crippen LogP contribution is 2.48. The first-order chi connectivity index (χ1) is 17.1. The first-order valence-corrected chi connectivity index (χ1v) is 11.9. The summed E-state index contributed by atoms with van der Waals surface area (Å²) in [6.45, 7) is 5.54. The quantitative estimate of drug-likeness (QED) is 0.327. The molecule has 1 aliphatic heterocycles. The third kappa shape index (κ3) is 4.61. The van der Waals surface area contributed by atoms with Gasteiger partial charge in [0.1, 0.15) is 17.2 Å². The van der Waals surface area contributed by atoms with Gasteiger partial charge in [-0.25, -0.2) is 0 Å². The van der Waals surface area contributed by atoms with E-state index in [1.54, 1.807) is 37.1 Å². The van der Waals surface area contributed by atoms with E-state index >= 15 is 0 Å². The summed E-state index contributed by atoms with van der Waals surface area (Å²) in [5.74, 6) is 2.10. The molecule has 1 amide bonds. The van der Waals surface area contributed by atoms with Gasteiger partial charge in [0.25, 0.3) is 0 Å². The molecule has 0 saturated heterocycles. The van der Waals surface area contributed by atoms with Crippen LogP contribution in [0, 0.1) is 0 Å². The lowest BCUT2D eigenvalue weighted by molar-refractivity contribution is -0.120. The normalized spacial score (nSPS) is 14.2. The van der Waals surface area contributed by atoms with E-state index in [9.17, 15) is 4.79 Å². The third-order valence-corrected chi connectivity index (χ3v) is 6.25. The Bertz CT molecular complexity index is 1230. The molecule has 1 aromatic heterocycles. The summed E-state index contributed by atoms with van der Waals surface area (Å²) < 4.78 is 23.3. The van der Waals surface area contributed by atoms with Gasteiger partial charge >= 0.3 is 0 Å². The molecule has 0 aliphatic carbocycles. The molecule has 9 nitrogen and oxygen atoms in total. The Labute approximate surface area is 208 Å². The van der Waals surface area contributed by atoms with Crippen molar-refractivity contribution in [3.63, 3.8) is 0 Å². The van der Waals surface area contributed by atoms with E-state index in [1.807, 2.05) is 24.3 Å². The van der Waals surface area contributed by atoms with Gasteiger partial charge in [0.15, 0.2) is 5.69 Å². The lowest BCUT2D eigenvalue weighted by Gasteiger charge is -2.32. The Kier molecular flexibility index (Phi) is 7.40. The summed E-state index contributed by atoms with van der Waals surface area (Å²) in [7, 11) is 4.63. The molecular formula is C25H26N4O5S. The number of methoxy groups -OCH3 is 3. The maximum absolute atomic E-state index is 13.4. The van der Waals surface area contributed by atoms with Crippen molar-refractivity contribution < 1.29 is 23.7 Å². The maximum atomic E-state index is 13.4. The van der Waals surface area contributed by atoms with E-state index in [0.717, 1.165) is 0 Å². The maximum Gasteiger partial charge on any atom is 0.247 e. The van der Waals surface area contributed by atoms with Gasteiger partial charge in [-0.15, -0.1) is 16.8 Å². The second-order valence-corrected chi connectivity index (χ2v) is 8.39. The van der Waals surface area contributed by atoms with Crippen molar-refractivity contribution in [2.24, 2.45) is 0 Å². The van der Waals surface area contributed by atoms with Gasteiger partial charge in [0, 0.05) is 29.9 Å². The highest BCUT2D eigenvalue weighted by molar-refractivity contribution is 7.99. The monoisotopic (exact) mass is 494 g/mol. The summed E-state index contributed by atoms with van der Waals surface area (Å²) in [6, 6.07) is 10.9. The van der Waals surface area contributed by atoms with Crippen LogP contribution in [0.25, 0.3) is 11.3 Å². The van der Waals surface area contributed by atoms with E-state index in [0.29, 0.717) is 50.7 Å². The number of fused-ring (bicyclic) bond motifs is 3. The minimum atomic E-state index is -0.963. The number of para-hydroxylation sites is 1. The van der Waals surface area contributed by atoms with Crippen LogP contribution >= 0.6 is 11.8 Å². The van der Waals surface area contributed by atoms with Crippen LogP contribution in [-0.2, 0) is 4.79 Å². The average Bonchev–Trinajstić information content (AvgIpc) is 3.04. The number of ether oxygens (including phenoxy) is 4. The minimum Gasteiger partial charge on any atom is -0.496 e. The zero-order valence-corrected chi connectivity index (χ0v) is 20.8. The van der Waals surface area contributed by atoms with Crippen molar-refractivity contribution >= 4 is 23.4 Å². The zero-order valence-electron chi connectivity index (χ0n) is 20.0. The number of hydrogen-bond donors (Lipinski definition) is 0. The predicted octanol–water partition coefficient (Wildman–Crippen LogP) is 4.68. The van der Waals surface area contributed by atoms with Crippen LogP contribution in [0.15, 0.2) is 54.2 Å². The summed E-state index contributed by atoms with van der Waals surface area (Å²) in [6.07, 6.45) is 1.03. The van der Waals surface area contributed by atoms with E-state index in [4.69, 9.17) is 18.9 Å². The molecule has 4 rings (SSSR count). The lowest BCUT2D eigenvalue weighted by Crippen LogP contribution is -2.37. The van der Waals surface area contributed by atoms with Crippen LogP contribution in [0.2, 0.25) is 0 Å². The fourth-order valence-electron chi connectivity index (χ4n) is 3.81. The van der Waals surface area contributed by atoms with E-state index in [2.05, 4.69) is 21.8 Å². The number of thioether (sulfide) groups is 1. The molecular weight excluding hydrogens is 468 g/mol. The van der Waals surface area contributed by atoms with Crippen molar-refractivity contribution in [1.82, 2.24) is 15.2 Å². The van der Waals surface area contributed by atoms with Crippen molar-refractivity contribution in [1.29, 1.82) is 0 Å². The van der Waals surface area contributed by atoms with Crippen LogP contribution in [0.4, 0.5) is 5.69 Å². The number of aromatic nitrogens is 3. The second-order valence-electron chi connectivity index (χ2n) is 7.40. The number of rotatable bonds is 8. The van der Waals surface area contributed by atoms with Gasteiger partial charge in [-0.3, -0.25) is 9.69 Å². The SMILES string of the molecule is C=CCSc1nnc2c(n1)O[C@@H](c1c(OC)cc(OC)cc1OC)N(C(=O)CC)c1ccccc1-2. The summed E-state index contributed by atoms with van der Waals surface area (Å²) >= 11 is 1.38. The minimum absolute atomic E-state index is 0.163. The first kappa shape index (κ1) is 24.3. The lowest BCUT2D eigenvalue weighted by atomic mass is 10.1. The standard InChI is InChI=1S/C25H26N4O5S/c1-6-12-35-25-26-23-22(27-28-25)16-10-8-9-11-17(16)29(20(30)7-2)24(34-23)21-18(32-4)13-15(31-3)14-19(21)33-5/h6,8-11,13-14,24H,1,7,12H2,2-5H3/t24-/m0/s1. The predicted molar refractivity (Wildman–Crippen MR) is 133 cm³/mol. The molecule has 10 heteroatoms. The topological polar surface area (TPSA) is 95.9 Å². The average molecular weight is 495 g/mol. The van der Waals surface area contributed by atoms with Crippen LogP contribution in [-0.4, -0.2) is 48.2 Å². The fourth-order valence-corrected chi connectivity index (χ4v) is 4.32. The molecule has 2 heterocycles. The van der Waals surface area contributed by atoms with Crippen LogP contribution < -0.4 is 23.8 Å². The first-order valence-electron chi connectivity index (χ1n) is 10.9. The van der Waals surface area contributed by atoms with Crippen LogP contribution in [0.5, 0.6) is 23.1 Å². The van der Waals surface area contributed by atoms with Crippen LogP contribution in [0.3, 0.4) is 0 Å². The van der Waals surface area contributed by atoms with E-state index in [-0.39, 0.29) is 18.2 Å². The fraction of sp³-hybridized carbons (Fsp3) is 0.280. The molecule has 0 saturated carbocycles. The number of carbonyl (C=O) groups is 1. The molecule has 1 aliphatic rings. The highest BCUT2D eigenvalue weighted by Gasteiger charge is 2.38. The Hall–Kier alpha value is -3.79. The second kappa shape index (κ2) is 10.6. The number of nitrogens with zero attached hydrogens (tertiary/aromatic N) is 4. The molecule has 1 atom stereocenters. The molecule has 3 aromatic rings. The van der Waals surface area contributed by atoms with Gasteiger partial charge in [0.2, 0.25) is 23.2 Å². The molecule has 2 aromatic carbocycles. The van der Waals surface area contributed by atoms with Gasteiger partial charge in [0.05, 0.1) is 32.6 Å². The van der Waals surface area contributed by atoms with Gasteiger partial charge in [-0.1, -0.05) is 43.0 Å². The molecule has 0 bridgehead atoms. The largest absolute Gasteiger partial charge is 0.496 e. The summed E-state index contributed by atoms with van der Waals surface area (Å²) in [5, 5.41) is 9.11. The van der Waals surface area contributed by atoms with Crippen molar-refractivity contribution in [2.45, 2.75) is 24.7 Å². The number of benzene rings is 2. The number of hydrogen-bond acceptors (Lipinski definition) is 9. The number of amides is 1. The third-order valence-electron chi connectivity index (χ3n) is 5.41. The Morgan fingerprint density at radius 2 is 1.86 bits per heavy atom. The molecule has 0 spiro atoms. The van der Waals surface area contributed by atoms with Crippen molar-refractivity contribution in [2.75, 3.05) is 32.0 Å². The zero-order chi connectivity index (χ0) is 24.9. The van der Waals surface area contributed by atoms with Crippen LogP contribution in [0.1, 0.15) is 25.1 Å². The molecule has 182 valence electrons. The van der Waals surface area contributed by atoms with Gasteiger partial charge in [-0.2, -0.15) is 4.98 Å². The Morgan fingerprint density at radius 3 is 2.49 bits per heavy atom. The van der Waals surface area contributed by atoms with Crippen molar-refractivity contribution in [3.05, 3.63) is 54.6 Å². The van der Waals surface area contributed by atoms with Crippen molar-refractivity contribution in [3.8, 4) is 34.4 Å². The van der Waals surface area contributed by atoms with Gasteiger partial charge < -0.3 is 18.9 Å². The number of carbonyl (C=O) groups excluding carboxylic acids is 1. The summed E-state index contributed by atoms with van der Waals surface area (Å²) in [4.78, 5) is 19.6. The smallest absolute Gasteiger partial charge is 0.247 e. The molecule has 0 fully saturated rings. The molecule has 0 radical (unpaired) electrons. The van der Waals surface area contributed by atoms with E-state index in [1.165, 1.54) is 26.0 Å².